The molecule has 0 aliphatic heterocycles. The number of ether oxygens (including phenoxy) is 1. The van der Waals surface area contributed by atoms with Gasteiger partial charge in [0, 0.05) is 34.8 Å². The number of carbonyl (C=O) groups is 2. The average Bonchev–Trinajstić information content (AvgIpc) is 3.23. The number of hydrogen-bond donors (Lipinski definition) is 2. The number of nitrogens with zero attached hydrogens (tertiary/aromatic N) is 3. The molecule has 2 N–H and O–H groups in total. The third-order valence-electron chi connectivity index (χ3n) is 4.36. The first-order chi connectivity index (χ1) is 15.7. The maximum Gasteiger partial charge on any atom is 0.357 e. The minimum Gasteiger partial charge on any atom is -0.461 e. The van der Waals surface area contributed by atoms with Crippen LogP contribution in [0.25, 0.3) is 0 Å². The number of rotatable bonds is 8. The van der Waals surface area contributed by atoms with Gasteiger partial charge >= 0.3 is 5.97 Å². The zero-order valence-electron chi connectivity index (χ0n) is 17.4. The molecule has 0 unspecified atom stereocenters. The number of nitro groups is 2. The van der Waals surface area contributed by atoms with Crippen molar-refractivity contribution in [2.45, 2.75) is 13.8 Å². The van der Waals surface area contributed by atoms with Crippen molar-refractivity contribution in [3.8, 4) is 0 Å². The molecule has 170 valence electrons. The van der Waals surface area contributed by atoms with E-state index in [9.17, 15) is 29.8 Å². The van der Waals surface area contributed by atoms with E-state index >= 15 is 0 Å². The number of nitro benzene ring substituents is 2. The van der Waals surface area contributed by atoms with Crippen LogP contribution in [0.2, 0.25) is 0 Å². The number of hydrogen-bond acceptors (Lipinski definition) is 10. The van der Waals surface area contributed by atoms with E-state index in [4.69, 9.17) is 4.74 Å². The van der Waals surface area contributed by atoms with Crippen LogP contribution in [0.4, 0.5) is 27.9 Å². The first-order valence-corrected chi connectivity index (χ1v) is 10.3. The Labute approximate surface area is 190 Å². The molecular formula is C20H17N5O7S. The highest BCUT2D eigenvalue weighted by molar-refractivity contribution is 7.14. The fourth-order valence-corrected chi connectivity index (χ4v) is 3.45. The topological polar surface area (TPSA) is 167 Å². The molecule has 3 aromatic rings. The van der Waals surface area contributed by atoms with Crippen molar-refractivity contribution < 1.29 is 24.2 Å². The molecule has 1 amide bonds. The standard InChI is InChI=1S/C20H17N5O7S/c1-3-32-19(27)16-10-33-20(22-16)23-18(26)12-4-6-15(17(9-12)25(30)31)21-14-7-5-13(24(28)29)8-11(14)2/h4-10,21H,3H2,1-2H3,(H,22,23,26). The highest BCUT2D eigenvalue weighted by Crippen LogP contribution is 2.31. The van der Waals surface area contributed by atoms with Gasteiger partial charge in [-0.2, -0.15) is 0 Å². The molecule has 0 spiro atoms. The second-order valence-corrected chi connectivity index (χ2v) is 7.44. The Balaban J connectivity index is 1.81. The van der Waals surface area contributed by atoms with Crippen molar-refractivity contribution in [2.24, 2.45) is 0 Å². The Bertz CT molecular complexity index is 1260. The molecule has 0 aliphatic rings. The average molecular weight is 471 g/mol. The molecule has 0 fully saturated rings. The lowest BCUT2D eigenvalue weighted by Crippen LogP contribution is -2.13. The second kappa shape index (κ2) is 9.82. The fraction of sp³-hybridized carbons (Fsp3) is 0.150. The largest absolute Gasteiger partial charge is 0.461 e. The molecule has 33 heavy (non-hydrogen) atoms. The van der Waals surface area contributed by atoms with E-state index in [0.717, 1.165) is 17.4 Å². The minimum atomic E-state index is -0.652. The number of carbonyl (C=O) groups excluding carboxylic acids is 2. The SMILES string of the molecule is CCOC(=O)c1csc(NC(=O)c2ccc(Nc3ccc([N+](=O)[O-])cc3C)c([N+](=O)[O-])c2)n1. The van der Waals surface area contributed by atoms with E-state index in [0.29, 0.717) is 11.3 Å². The minimum absolute atomic E-state index is 0.000515. The van der Waals surface area contributed by atoms with Crippen LogP contribution in [-0.4, -0.2) is 33.3 Å². The van der Waals surface area contributed by atoms with E-state index < -0.39 is 21.7 Å². The van der Waals surface area contributed by atoms with Gasteiger partial charge in [-0.05, 0) is 37.6 Å². The predicted molar refractivity (Wildman–Crippen MR) is 120 cm³/mol. The molecule has 12 nitrogen and oxygen atoms in total. The normalized spacial score (nSPS) is 10.4. The zero-order chi connectivity index (χ0) is 24.1. The van der Waals surface area contributed by atoms with Crippen molar-refractivity contribution in [3.05, 3.63) is 78.8 Å². The maximum absolute atomic E-state index is 12.6. The number of amides is 1. The first-order valence-electron chi connectivity index (χ1n) is 9.44. The first kappa shape index (κ1) is 23.3. The molecule has 0 saturated heterocycles. The maximum atomic E-state index is 12.6. The van der Waals surface area contributed by atoms with Gasteiger partial charge in [0.2, 0.25) is 0 Å². The lowest BCUT2D eigenvalue weighted by atomic mass is 10.1. The summed E-state index contributed by atoms with van der Waals surface area (Å²) in [5.41, 5.74) is 0.630. The highest BCUT2D eigenvalue weighted by Gasteiger charge is 2.20. The third kappa shape index (κ3) is 5.46. The summed E-state index contributed by atoms with van der Waals surface area (Å²) in [6.07, 6.45) is 0. The molecule has 0 radical (unpaired) electrons. The number of benzene rings is 2. The van der Waals surface area contributed by atoms with Crippen LogP contribution in [0, 0.1) is 27.2 Å². The number of non-ortho nitro benzene ring substituents is 1. The Morgan fingerprint density at radius 3 is 2.45 bits per heavy atom. The summed E-state index contributed by atoms with van der Waals surface area (Å²) in [6, 6.07) is 7.90. The van der Waals surface area contributed by atoms with E-state index in [1.807, 2.05) is 0 Å². The number of nitrogens with one attached hydrogen (secondary N) is 2. The molecule has 0 saturated carbocycles. The van der Waals surface area contributed by atoms with Gasteiger partial charge < -0.3 is 10.1 Å². The molecule has 0 aliphatic carbocycles. The molecule has 1 heterocycles. The number of anilines is 3. The van der Waals surface area contributed by atoms with Crippen molar-refractivity contribution in [1.29, 1.82) is 0 Å². The Kier molecular flexibility index (Phi) is 6.93. The van der Waals surface area contributed by atoms with Crippen LogP contribution < -0.4 is 10.6 Å². The van der Waals surface area contributed by atoms with Crippen LogP contribution in [0.5, 0.6) is 0 Å². The Morgan fingerprint density at radius 1 is 1.09 bits per heavy atom. The third-order valence-corrected chi connectivity index (χ3v) is 5.11. The fourth-order valence-electron chi connectivity index (χ4n) is 2.78. The monoisotopic (exact) mass is 471 g/mol. The van der Waals surface area contributed by atoms with Gasteiger partial charge in [-0.3, -0.25) is 30.3 Å². The van der Waals surface area contributed by atoms with Crippen LogP contribution in [0.3, 0.4) is 0 Å². The van der Waals surface area contributed by atoms with Gasteiger partial charge in [0.05, 0.1) is 16.5 Å². The number of aryl methyl sites for hydroxylation is 1. The summed E-state index contributed by atoms with van der Waals surface area (Å²) in [4.78, 5) is 49.5. The number of aromatic nitrogens is 1. The summed E-state index contributed by atoms with van der Waals surface area (Å²) in [7, 11) is 0. The summed E-state index contributed by atoms with van der Waals surface area (Å²) in [5, 5.41) is 29.4. The lowest BCUT2D eigenvalue weighted by Gasteiger charge is -2.11. The van der Waals surface area contributed by atoms with E-state index in [1.165, 1.54) is 35.7 Å². The second-order valence-electron chi connectivity index (χ2n) is 6.58. The van der Waals surface area contributed by atoms with Crippen LogP contribution in [0.1, 0.15) is 33.3 Å². The van der Waals surface area contributed by atoms with Crippen LogP contribution in [0.15, 0.2) is 41.8 Å². The summed E-state index contributed by atoms with van der Waals surface area (Å²) in [6.45, 7) is 3.46. The smallest absolute Gasteiger partial charge is 0.357 e. The predicted octanol–water partition coefficient (Wildman–Crippen LogP) is 4.44. The van der Waals surface area contributed by atoms with Crippen molar-refractivity contribution in [1.82, 2.24) is 4.98 Å². The van der Waals surface area contributed by atoms with Crippen molar-refractivity contribution in [2.75, 3.05) is 17.2 Å². The van der Waals surface area contributed by atoms with Crippen molar-refractivity contribution in [3.63, 3.8) is 0 Å². The molecule has 1 aromatic heterocycles. The van der Waals surface area contributed by atoms with Crippen LogP contribution >= 0.6 is 11.3 Å². The molecule has 3 rings (SSSR count). The van der Waals surface area contributed by atoms with E-state index in [-0.39, 0.29) is 40.1 Å². The number of thiazole rings is 1. The molecule has 2 aromatic carbocycles. The van der Waals surface area contributed by atoms with Crippen LogP contribution in [-0.2, 0) is 4.74 Å². The van der Waals surface area contributed by atoms with Gasteiger partial charge in [-0.1, -0.05) is 0 Å². The highest BCUT2D eigenvalue weighted by atomic mass is 32.1. The molecule has 0 bridgehead atoms. The molecular weight excluding hydrogens is 454 g/mol. The van der Waals surface area contributed by atoms with Crippen molar-refractivity contribution >= 4 is 51.1 Å². The van der Waals surface area contributed by atoms with Gasteiger partial charge in [-0.15, -0.1) is 11.3 Å². The van der Waals surface area contributed by atoms with Gasteiger partial charge in [0.25, 0.3) is 17.3 Å². The van der Waals surface area contributed by atoms with Gasteiger partial charge in [-0.25, -0.2) is 9.78 Å². The quantitative estimate of drug-likeness (QED) is 0.274. The summed E-state index contributed by atoms with van der Waals surface area (Å²) in [5.74, 6) is -1.28. The Hall–Kier alpha value is -4.39. The Morgan fingerprint density at radius 2 is 1.82 bits per heavy atom. The summed E-state index contributed by atoms with van der Waals surface area (Å²) < 4.78 is 4.84. The van der Waals surface area contributed by atoms with Gasteiger partial charge in [0.15, 0.2) is 10.8 Å². The van der Waals surface area contributed by atoms with Gasteiger partial charge in [0.1, 0.15) is 5.69 Å². The molecule has 0 atom stereocenters. The number of esters is 1. The summed E-state index contributed by atoms with van der Waals surface area (Å²) >= 11 is 1.01. The van der Waals surface area contributed by atoms with E-state index in [2.05, 4.69) is 15.6 Å². The van der Waals surface area contributed by atoms with E-state index in [1.54, 1.807) is 13.8 Å². The zero-order valence-corrected chi connectivity index (χ0v) is 18.2. The lowest BCUT2D eigenvalue weighted by molar-refractivity contribution is -0.384. The molecule has 13 heteroatoms.